The van der Waals surface area contributed by atoms with E-state index in [1.807, 2.05) is 91.9 Å². The second kappa shape index (κ2) is 24.3. The Morgan fingerprint density at radius 3 is 1.41 bits per heavy atom. The van der Waals surface area contributed by atoms with Crippen LogP contribution in [0.25, 0.3) is 33.7 Å². The predicted molar refractivity (Wildman–Crippen MR) is 259 cm³/mol. The highest BCUT2D eigenvalue weighted by atomic mass is 16.6. The van der Waals surface area contributed by atoms with E-state index in [9.17, 15) is 19.2 Å². The Morgan fingerprint density at radius 2 is 0.941 bits per heavy atom. The molecule has 6 aromatic carbocycles. The van der Waals surface area contributed by atoms with Gasteiger partial charge in [-0.25, -0.2) is 19.2 Å². The molecular formula is C55H52O13. The molecule has 6 rings (SSSR count). The van der Waals surface area contributed by atoms with Crippen LogP contribution in [-0.2, 0) is 44.5 Å². The molecule has 0 N–H and O–H groups in total. The van der Waals surface area contributed by atoms with E-state index in [1.165, 1.54) is 26.4 Å². The van der Waals surface area contributed by atoms with Gasteiger partial charge in [-0.15, -0.1) is 0 Å². The van der Waals surface area contributed by atoms with Crippen LogP contribution in [0.1, 0.15) is 27.8 Å². The summed E-state index contributed by atoms with van der Waals surface area (Å²) in [7, 11) is 4.62. The lowest BCUT2D eigenvalue weighted by Crippen LogP contribution is -2.30. The monoisotopic (exact) mass is 920 g/mol. The predicted octanol–water partition coefficient (Wildman–Crippen LogP) is 9.38. The summed E-state index contributed by atoms with van der Waals surface area (Å²) in [4.78, 5) is 50.6. The van der Waals surface area contributed by atoms with Crippen LogP contribution < -0.4 is 23.7 Å². The third kappa shape index (κ3) is 13.4. The van der Waals surface area contributed by atoms with Crippen LogP contribution in [0, 0.1) is 6.92 Å². The molecule has 0 amide bonds. The number of ether oxygens (including phenoxy) is 9. The molecule has 0 aliphatic heterocycles. The lowest BCUT2D eigenvalue weighted by atomic mass is 9.93. The molecule has 6 aromatic rings. The molecule has 0 spiro atoms. The Kier molecular flexibility index (Phi) is 17.5. The number of hydrogen-bond acceptors (Lipinski definition) is 13. The van der Waals surface area contributed by atoms with E-state index in [4.69, 9.17) is 42.6 Å². The highest BCUT2D eigenvalue weighted by molar-refractivity contribution is 5.92. The summed E-state index contributed by atoms with van der Waals surface area (Å²) in [5, 5.41) is 3.66. The molecule has 0 fully saturated rings. The van der Waals surface area contributed by atoms with Crippen molar-refractivity contribution in [1.29, 1.82) is 0 Å². The molecule has 0 aliphatic rings. The number of methoxy groups -OCH3 is 3. The number of carbonyl (C=O) groups excluding carboxylic acids is 4. The van der Waals surface area contributed by atoms with Gasteiger partial charge in [-0.3, -0.25) is 0 Å². The summed E-state index contributed by atoms with van der Waals surface area (Å²) in [5.41, 5.74) is 3.93. The molecule has 0 aliphatic carbocycles. The van der Waals surface area contributed by atoms with Gasteiger partial charge in [0.1, 0.15) is 43.7 Å². The van der Waals surface area contributed by atoms with Crippen molar-refractivity contribution >= 4 is 57.6 Å². The first-order chi connectivity index (χ1) is 33.0. The summed E-state index contributed by atoms with van der Waals surface area (Å²) in [6, 6.07) is 33.9. The van der Waals surface area contributed by atoms with Crippen LogP contribution >= 0.6 is 0 Å². The maximum absolute atomic E-state index is 12.9. The molecule has 0 saturated carbocycles. The quantitative estimate of drug-likeness (QED) is 0.0341. The zero-order valence-corrected chi connectivity index (χ0v) is 38.3. The Hall–Kier alpha value is -8.32. The van der Waals surface area contributed by atoms with Crippen molar-refractivity contribution in [2.45, 2.75) is 25.6 Å². The zero-order valence-electron chi connectivity index (χ0n) is 38.3. The van der Waals surface area contributed by atoms with Gasteiger partial charge in [-0.1, -0.05) is 92.0 Å². The molecule has 0 bridgehead atoms. The van der Waals surface area contributed by atoms with Crippen molar-refractivity contribution in [3.05, 3.63) is 174 Å². The van der Waals surface area contributed by atoms with Crippen molar-refractivity contribution in [2.75, 3.05) is 47.8 Å². The van der Waals surface area contributed by atoms with Crippen LogP contribution in [0.4, 0.5) is 0 Å². The van der Waals surface area contributed by atoms with Gasteiger partial charge in [-0.2, -0.15) is 0 Å². The van der Waals surface area contributed by atoms with E-state index in [0.29, 0.717) is 40.7 Å². The van der Waals surface area contributed by atoms with Crippen molar-refractivity contribution in [3.8, 4) is 28.7 Å². The fraction of sp³-hybridized carbons (Fsp3) is 0.200. The lowest BCUT2D eigenvalue weighted by molar-refractivity contribution is -0.154. The number of esters is 4. The molecule has 350 valence electrons. The topological polar surface area (TPSA) is 151 Å². The van der Waals surface area contributed by atoms with Crippen molar-refractivity contribution < 1.29 is 61.8 Å². The van der Waals surface area contributed by atoms with Gasteiger partial charge >= 0.3 is 23.9 Å². The fourth-order valence-electron chi connectivity index (χ4n) is 7.14. The minimum absolute atomic E-state index is 0.172. The lowest BCUT2D eigenvalue weighted by Gasteiger charge is -2.22. The molecule has 68 heavy (non-hydrogen) atoms. The third-order valence-electron chi connectivity index (χ3n) is 10.6. The maximum Gasteiger partial charge on any atom is 0.330 e. The standard InChI is InChI=1S/C55H52O13/c1-7-52(56)67-41(34-65-54(58)27-20-37-18-17-36(3)50(29-37)61-5)32-63-47-25-22-39-13-9-11-15-43(39)45(47)31-46-44-16-12-10-14-40(44)23-26-48(46)64-33-42(68-53(57)8-2)35-66-55(59)28-21-38-19-24-49(60-4)51(30-38)62-6/h7-30,41-42H,1-2,31-35H2,3-6H3/b27-20+,28-21+. The number of benzene rings is 6. The Labute approximate surface area is 394 Å². The molecule has 0 saturated heterocycles. The second-order valence-corrected chi connectivity index (χ2v) is 15.1. The minimum atomic E-state index is -1.01. The van der Waals surface area contributed by atoms with E-state index in [1.54, 1.807) is 43.5 Å². The SMILES string of the molecule is C=CC(=O)OC(COC(=O)/C=C/c1ccc(C)c(OC)c1)COc1ccc2ccccc2c1Cc1c(OCC(COC(=O)/C=C/c2ccc(OC)c(OC)c2)OC(=O)C=C)ccc2ccccc12. The van der Waals surface area contributed by atoms with Gasteiger partial charge in [0.25, 0.3) is 0 Å². The molecule has 2 atom stereocenters. The molecule has 2 unspecified atom stereocenters. The van der Waals surface area contributed by atoms with Gasteiger partial charge in [-0.05, 0) is 87.6 Å². The normalized spacial score (nSPS) is 11.9. The summed E-state index contributed by atoms with van der Waals surface area (Å²) in [6.07, 6.45) is 6.01. The summed E-state index contributed by atoms with van der Waals surface area (Å²) in [6.45, 7) is 7.97. The average Bonchev–Trinajstić information content (AvgIpc) is 3.37. The second-order valence-electron chi connectivity index (χ2n) is 15.1. The minimum Gasteiger partial charge on any atom is -0.496 e. The summed E-state index contributed by atoms with van der Waals surface area (Å²) < 4.78 is 51.1. The molecule has 13 nitrogen and oxygen atoms in total. The highest BCUT2D eigenvalue weighted by Gasteiger charge is 2.22. The summed E-state index contributed by atoms with van der Waals surface area (Å²) in [5.74, 6) is -0.0956. The van der Waals surface area contributed by atoms with Gasteiger partial charge < -0.3 is 42.6 Å². The van der Waals surface area contributed by atoms with E-state index < -0.39 is 36.1 Å². The highest BCUT2D eigenvalue weighted by Crippen LogP contribution is 2.37. The molecule has 0 heterocycles. The third-order valence-corrected chi connectivity index (χ3v) is 10.6. The first kappa shape index (κ1) is 49.1. The van der Waals surface area contributed by atoms with Crippen LogP contribution in [-0.4, -0.2) is 83.8 Å². The first-order valence-corrected chi connectivity index (χ1v) is 21.5. The molecule has 13 heteroatoms. The van der Waals surface area contributed by atoms with Crippen LogP contribution in [0.2, 0.25) is 0 Å². The first-order valence-electron chi connectivity index (χ1n) is 21.5. The van der Waals surface area contributed by atoms with Gasteiger partial charge in [0, 0.05) is 41.9 Å². The van der Waals surface area contributed by atoms with Crippen LogP contribution in [0.15, 0.2) is 147 Å². The number of hydrogen-bond donors (Lipinski definition) is 0. The largest absolute Gasteiger partial charge is 0.496 e. The van der Waals surface area contributed by atoms with E-state index in [0.717, 1.165) is 56.0 Å². The van der Waals surface area contributed by atoms with Gasteiger partial charge in [0.15, 0.2) is 23.7 Å². The van der Waals surface area contributed by atoms with Crippen LogP contribution in [0.3, 0.4) is 0 Å². The van der Waals surface area contributed by atoms with Crippen molar-refractivity contribution in [3.63, 3.8) is 0 Å². The van der Waals surface area contributed by atoms with Crippen molar-refractivity contribution in [1.82, 2.24) is 0 Å². The van der Waals surface area contributed by atoms with E-state index in [-0.39, 0.29) is 26.4 Å². The Bertz CT molecular complexity index is 2840. The molecule has 0 radical (unpaired) electrons. The number of carbonyl (C=O) groups is 4. The van der Waals surface area contributed by atoms with Crippen molar-refractivity contribution in [2.24, 2.45) is 0 Å². The van der Waals surface area contributed by atoms with E-state index in [2.05, 4.69) is 13.2 Å². The number of aryl methyl sites for hydroxylation is 1. The van der Waals surface area contributed by atoms with E-state index >= 15 is 0 Å². The number of fused-ring (bicyclic) bond motifs is 2. The Morgan fingerprint density at radius 1 is 0.500 bits per heavy atom. The Balaban J connectivity index is 1.22. The molecular weight excluding hydrogens is 869 g/mol. The maximum atomic E-state index is 12.9. The molecule has 0 aromatic heterocycles. The summed E-state index contributed by atoms with van der Waals surface area (Å²) >= 11 is 0. The fourth-order valence-corrected chi connectivity index (χ4v) is 7.14. The smallest absolute Gasteiger partial charge is 0.330 e. The van der Waals surface area contributed by atoms with Gasteiger partial charge in [0.05, 0.1) is 21.3 Å². The van der Waals surface area contributed by atoms with Crippen LogP contribution in [0.5, 0.6) is 28.7 Å². The van der Waals surface area contributed by atoms with Gasteiger partial charge in [0.2, 0.25) is 0 Å². The average molecular weight is 921 g/mol. The number of rotatable bonds is 23. The zero-order chi connectivity index (χ0) is 48.4.